The van der Waals surface area contributed by atoms with Crippen molar-refractivity contribution >= 4 is 11.9 Å². The Bertz CT molecular complexity index is 454. The number of amides is 1. The maximum atomic E-state index is 11.2. The molecule has 0 radical (unpaired) electrons. The van der Waals surface area contributed by atoms with Crippen LogP contribution in [0.1, 0.15) is 11.1 Å². The van der Waals surface area contributed by atoms with E-state index in [4.69, 9.17) is 5.11 Å². The second-order valence-electron chi connectivity index (χ2n) is 4.15. The summed E-state index contributed by atoms with van der Waals surface area (Å²) in [7, 11) is 1.86. The van der Waals surface area contributed by atoms with Gasteiger partial charge in [-0.05, 0) is 24.3 Å². The van der Waals surface area contributed by atoms with Gasteiger partial charge < -0.3 is 15.7 Å². The molecule has 19 heavy (non-hydrogen) atoms. The lowest BCUT2D eigenvalue weighted by Crippen LogP contribution is -2.41. The van der Waals surface area contributed by atoms with Crippen molar-refractivity contribution in [3.05, 3.63) is 48.0 Å². The summed E-state index contributed by atoms with van der Waals surface area (Å²) in [6, 6.07) is 6.64. The van der Waals surface area contributed by atoms with E-state index in [2.05, 4.69) is 17.2 Å². The molecule has 3 N–H and O–H groups in total. The molecular formula is C14H18N2O3. The van der Waals surface area contributed by atoms with Crippen LogP contribution in [-0.2, 0) is 22.6 Å². The smallest absolute Gasteiger partial charge is 0.326 e. The fourth-order valence-electron chi connectivity index (χ4n) is 1.66. The third-order valence-electron chi connectivity index (χ3n) is 2.64. The van der Waals surface area contributed by atoms with Gasteiger partial charge in [-0.15, -0.1) is 0 Å². The standard InChI is InChI=1S/C14H18N2O3/c1-3-13(17)16-12(14(18)19)8-10-4-6-11(7-5-10)9-15-2/h3-7,12,15H,1,8-9H2,2H3,(H,16,17)(H,18,19)/t12-/m1/s1. The summed E-state index contributed by atoms with van der Waals surface area (Å²) in [6.07, 6.45) is 1.31. The number of carbonyl (C=O) groups excluding carboxylic acids is 1. The molecule has 0 saturated heterocycles. The van der Waals surface area contributed by atoms with E-state index in [0.717, 1.165) is 23.7 Å². The first-order chi connectivity index (χ1) is 9.06. The highest BCUT2D eigenvalue weighted by molar-refractivity contribution is 5.90. The Morgan fingerprint density at radius 2 is 1.89 bits per heavy atom. The first-order valence-corrected chi connectivity index (χ1v) is 5.95. The Morgan fingerprint density at radius 1 is 1.32 bits per heavy atom. The maximum Gasteiger partial charge on any atom is 0.326 e. The Morgan fingerprint density at radius 3 is 2.37 bits per heavy atom. The van der Waals surface area contributed by atoms with Gasteiger partial charge in [-0.25, -0.2) is 4.79 Å². The number of nitrogens with one attached hydrogen (secondary N) is 2. The molecule has 0 saturated carbocycles. The molecule has 0 aliphatic rings. The van der Waals surface area contributed by atoms with Crippen molar-refractivity contribution in [2.75, 3.05) is 7.05 Å². The second kappa shape index (κ2) is 7.33. The van der Waals surface area contributed by atoms with Crippen LogP contribution in [0.15, 0.2) is 36.9 Å². The molecule has 0 aromatic heterocycles. The van der Waals surface area contributed by atoms with Crippen LogP contribution in [0.4, 0.5) is 0 Å². The predicted molar refractivity (Wildman–Crippen MR) is 72.7 cm³/mol. The van der Waals surface area contributed by atoms with Gasteiger partial charge in [-0.1, -0.05) is 30.8 Å². The minimum Gasteiger partial charge on any atom is -0.480 e. The average Bonchev–Trinajstić information content (AvgIpc) is 2.40. The van der Waals surface area contributed by atoms with Gasteiger partial charge in [0.25, 0.3) is 0 Å². The van der Waals surface area contributed by atoms with Gasteiger partial charge in [0.05, 0.1) is 0 Å². The SMILES string of the molecule is C=CC(=O)N[C@H](Cc1ccc(CNC)cc1)C(=O)O. The highest BCUT2D eigenvalue weighted by Crippen LogP contribution is 2.07. The molecular weight excluding hydrogens is 244 g/mol. The zero-order valence-electron chi connectivity index (χ0n) is 10.8. The third-order valence-corrected chi connectivity index (χ3v) is 2.64. The van der Waals surface area contributed by atoms with Crippen molar-refractivity contribution in [1.82, 2.24) is 10.6 Å². The Kier molecular flexibility index (Phi) is 5.75. The van der Waals surface area contributed by atoms with Gasteiger partial charge in [-0.3, -0.25) is 4.79 Å². The first-order valence-electron chi connectivity index (χ1n) is 5.95. The van der Waals surface area contributed by atoms with Gasteiger partial charge in [0.2, 0.25) is 5.91 Å². The van der Waals surface area contributed by atoms with Gasteiger partial charge in [0.15, 0.2) is 0 Å². The van der Waals surface area contributed by atoms with Gasteiger partial charge in [-0.2, -0.15) is 0 Å². The molecule has 5 nitrogen and oxygen atoms in total. The fourth-order valence-corrected chi connectivity index (χ4v) is 1.66. The maximum absolute atomic E-state index is 11.2. The molecule has 0 unspecified atom stereocenters. The highest BCUT2D eigenvalue weighted by Gasteiger charge is 2.19. The predicted octanol–water partition coefficient (Wildman–Crippen LogP) is 0.704. The van der Waals surface area contributed by atoms with Crippen molar-refractivity contribution < 1.29 is 14.7 Å². The molecule has 5 heteroatoms. The first kappa shape index (κ1) is 14.9. The van der Waals surface area contributed by atoms with Crippen molar-refractivity contribution in [3.8, 4) is 0 Å². The largest absolute Gasteiger partial charge is 0.480 e. The quantitative estimate of drug-likeness (QED) is 0.632. The van der Waals surface area contributed by atoms with Crippen molar-refractivity contribution in [2.45, 2.75) is 19.0 Å². The van der Waals surface area contributed by atoms with Crippen molar-refractivity contribution in [1.29, 1.82) is 0 Å². The molecule has 1 amide bonds. The summed E-state index contributed by atoms with van der Waals surface area (Å²) < 4.78 is 0. The van der Waals surface area contributed by atoms with E-state index in [0.29, 0.717) is 0 Å². The number of aliphatic carboxylic acids is 1. The summed E-state index contributed by atoms with van der Waals surface area (Å²) in [5.74, 6) is -1.55. The summed E-state index contributed by atoms with van der Waals surface area (Å²) in [5.41, 5.74) is 1.98. The molecule has 1 aromatic rings. The Hall–Kier alpha value is -2.14. The third kappa shape index (κ3) is 4.93. The van der Waals surface area contributed by atoms with E-state index < -0.39 is 17.9 Å². The molecule has 0 heterocycles. The van der Waals surface area contributed by atoms with Crippen molar-refractivity contribution in [3.63, 3.8) is 0 Å². The molecule has 1 atom stereocenters. The Balaban J connectivity index is 2.70. The number of rotatable bonds is 7. The summed E-state index contributed by atoms with van der Waals surface area (Å²) in [6.45, 7) is 4.06. The van der Waals surface area contributed by atoms with Crippen LogP contribution in [0.2, 0.25) is 0 Å². The number of benzene rings is 1. The normalized spacial score (nSPS) is 11.6. The van der Waals surface area contributed by atoms with Crippen molar-refractivity contribution in [2.24, 2.45) is 0 Å². The summed E-state index contributed by atoms with van der Waals surface area (Å²) in [4.78, 5) is 22.2. The zero-order chi connectivity index (χ0) is 14.3. The van der Waals surface area contributed by atoms with Gasteiger partial charge in [0, 0.05) is 13.0 Å². The monoisotopic (exact) mass is 262 g/mol. The molecule has 1 aromatic carbocycles. The van der Waals surface area contributed by atoms with E-state index in [9.17, 15) is 9.59 Å². The fraction of sp³-hybridized carbons (Fsp3) is 0.286. The second-order valence-corrected chi connectivity index (χ2v) is 4.15. The number of hydrogen-bond donors (Lipinski definition) is 3. The lowest BCUT2D eigenvalue weighted by molar-refractivity contribution is -0.141. The van der Waals surface area contributed by atoms with Crippen LogP contribution in [0.5, 0.6) is 0 Å². The van der Waals surface area contributed by atoms with Crippen LogP contribution in [-0.4, -0.2) is 30.1 Å². The molecule has 0 aliphatic carbocycles. The number of carboxylic acids is 1. The molecule has 1 rings (SSSR count). The molecule has 0 bridgehead atoms. The minimum atomic E-state index is -1.06. The average molecular weight is 262 g/mol. The van der Waals surface area contributed by atoms with Crippen LogP contribution in [0, 0.1) is 0 Å². The van der Waals surface area contributed by atoms with E-state index in [1.54, 1.807) is 0 Å². The molecule has 0 aliphatic heterocycles. The summed E-state index contributed by atoms with van der Waals surface area (Å²) in [5, 5.41) is 14.5. The summed E-state index contributed by atoms with van der Waals surface area (Å²) >= 11 is 0. The van der Waals surface area contributed by atoms with E-state index >= 15 is 0 Å². The van der Waals surface area contributed by atoms with Crippen LogP contribution >= 0.6 is 0 Å². The number of carboxylic acid groups (broad SMARTS) is 1. The number of hydrogen-bond acceptors (Lipinski definition) is 3. The van der Waals surface area contributed by atoms with Gasteiger partial charge >= 0.3 is 5.97 Å². The van der Waals surface area contributed by atoms with Crippen LogP contribution < -0.4 is 10.6 Å². The molecule has 0 fully saturated rings. The molecule has 0 spiro atoms. The molecule has 102 valence electrons. The topological polar surface area (TPSA) is 78.4 Å². The van der Waals surface area contributed by atoms with Gasteiger partial charge in [0.1, 0.15) is 6.04 Å². The zero-order valence-corrected chi connectivity index (χ0v) is 10.8. The van der Waals surface area contributed by atoms with E-state index in [1.165, 1.54) is 0 Å². The Labute approximate surface area is 112 Å². The lowest BCUT2D eigenvalue weighted by Gasteiger charge is -2.13. The minimum absolute atomic E-state index is 0.245. The van der Waals surface area contributed by atoms with E-state index in [1.807, 2.05) is 31.3 Å². The lowest BCUT2D eigenvalue weighted by atomic mass is 10.0. The number of carbonyl (C=O) groups is 2. The van der Waals surface area contributed by atoms with Crippen LogP contribution in [0.25, 0.3) is 0 Å². The highest BCUT2D eigenvalue weighted by atomic mass is 16.4. The van der Waals surface area contributed by atoms with E-state index in [-0.39, 0.29) is 6.42 Å². The van der Waals surface area contributed by atoms with Crippen LogP contribution in [0.3, 0.4) is 0 Å².